The van der Waals surface area contributed by atoms with Gasteiger partial charge in [0.1, 0.15) is 0 Å². The Kier molecular flexibility index (Phi) is 5.67. The molecular weight excluding hydrogens is 509 g/mol. The van der Waals surface area contributed by atoms with E-state index in [1.54, 1.807) is 18.3 Å². The Labute approximate surface area is 227 Å². The second kappa shape index (κ2) is 9.50. The summed E-state index contributed by atoms with van der Waals surface area (Å²) in [6, 6.07) is 33.6. The van der Waals surface area contributed by atoms with Crippen LogP contribution >= 0.6 is 0 Å². The number of halogens is 3. The van der Waals surface area contributed by atoms with Gasteiger partial charge in [0.25, 0.3) is 0 Å². The molecule has 40 heavy (non-hydrogen) atoms. The fraction of sp³-hybridized carbons (Fsp3) is 0. The number of hydrogen-bond donors (Lipinski definition) is 0. The molecule has 192 valence electrons. The van der Waals surface area contributed by atoms with E-state index in [-0.39, 0.29) is 5.56 Å². The zero-order valence-electron chi connectivity index (χ0n) is 20.9. The number of fused-ring (bicyclic) bond motifs is 2. The molecule has 0 aliphatic rings. The minimum absolute atomic E-state index is 0.285. The standard InChI is InChI=1S/C34H19F3N2O/c35-29-18-28(19-30(36)32(29)37)22-5-3-20(4-6-22)24-11-13-27-17-25(12-14-26(27)16-24)21-7-9-23(10-8-21)34-39-33-31(40-34)2-1-15-38-33/h1-19H. The van der Waals surface area contributed by atoms with Crippen molar-refractivity contribution in [2.24, 2.45) is 0 Å². The Morgan fingerprint density at radius 1 is 0.500 bits per heavy atom. The quantitative estimate of drug-likeness (QED) is 0.214. The van der Waals surface area contributed by atoms with E-state index in [9.17, 15) is 13.2 Å². The SMILES string of the molecule is Fc1cc(-c2ccc(-c3ccc4cc(-c5ccc(-c6nc7ncccc7o6)cc5)ccc4c3)cc2)cc(F)c1F. The first kappa shape index (κ1) is 23.9. The lowest BCUT2D eigenvalue weighted by atomic mass is 9.96. The van der Waals surface area contributed by atoms with E-state index in [2.05, 4.69) is 40.3 Å². The first-order valence-corrected chi connectivity index (χ1v) is 12.6. The van der Waals surface area contributed by atoms with Crippen LogP contribution in [-0.2, 0) is 0 Å². The first-order chi connectivity index (χ1) is 19.5. The Bertz CT molecular complexity index is 1970. The van der Waals surface area contributed by atoms with Crippen molar-refractivity contribution in [3.63, 3.8) is 0 Å². The number of nitrogens with zero attached hydrogens (tertiary/aromatic N) is 2. The molecule has 0 bridgehead atoms. The summed E-state index contributed by atoms with van der Waals surface area (Å²) in [4.78, 5) is 8.70. The summed E-state index contributed by atoms with van der Waals surface area (Å²) in [5.74, 6) is -3.33. The molecule has 0 fully saturated rings. The molecule has 7 rings (SSSR count). The van der Waals surface area contributed by atoms with Gasteiger partial charge in [-0.1, -0.05) is 60.7 Å². The van der Waals surface area contributed by atoms with Crippen molar-refractivity contribution < 1.29 is 17.6 Å². The smallest absolute Gasteiger partial charge is 0.228 e. The van der Waals surface area contributed by atoms with Gasteiger partial charge >= 0.3 is 0 Å². The number of hydrogen-bond acceptors (Lipinski definition) is 3. The maximum Gasteiger partial charge on any atom is 0.228 e. The maximum absolute atomic E-state index is 13.7. The Morgan fingerprint density at radius 2 is 1.00 bits per heavy atom. The van der Waals surface area contributed by atoms with Crippen LogP contribution in [0.15, 0.2) is 120 Å². The van der Waals surface area contributed by atoms with Crippen molar-refractivity contribution in [1.82, 2.24) is 9.97 Å². The monoisotopic (exact) mass is 528 g/mol. The van der Waals surface area contributed by atoms with Crippen LogP contribution in [0, 0.1) is 17.5 Å². The Balaban J connectivity index is 1.14. The summed E-state index contributed by atoms with van der Waals surface area (Å²) in [5, 5.41) is 2.19. The van der Waals surface area contributed by atoms with Gasteiger partial charge in [-0.15, -0.1) is 0 Å². The third kappa shape index (κ3) is 4.29. The molecule has 0 amide bonds. The molecule has 3 nitrogen and oxygen atoms in total. The van der Waals surface area contributed by atoms with Gasteiger partial charge in [0.05, 0.1) is 0 Å². The lowest BCUT2D eigenvalue weighted by Crippen LogP contribution is -1.91. The summed E-state index contributed by atoms with van der Waals surface area (Å²) in [6.07, 6.45) is 1.69. The second-order valence-electron chi connectivity index (χ2n) is 9.53. The minimum atomic E-state index is -1.46. The molecule has 0 aliphatic carbocycles. The summed E-state index contributed by atoms with van der Waals surface area (Å²) in [5.41, 5.74) is 7.16. The van der Waals surface area contributed by atoms with Gasteiger partial charge in [-0.2, -0.15) is 4.98 Å². The fourth-order valence-corrected chi connectivity index (χ4v) is 4.88. The number of rotatable bonds is 4. The third-order valence-corrected chi connectivity index (χ3v) is 7.01. The van der Waals surface area contributed by atoms with Gasteiger partial charge in [-0.25, -0.2) is 18.2 Å². The predicted octanol–water partition coefficient (Wildman–Crippen LogP) is 9.46. The number of oxazole rings is 1. The molecular formula is C34H19F3N2O. The molecule has 2 aromatic heterocycles. The molecule has 7 aromatic rings. The highest BCUT2D eigenvalue weighted by atomic mass is 19.2. The Hall–Kier alpha value is -5.23. The summed E-state index contributed by atoms with van der Waals surface area (Å²) < 4.78 is 46.5. The van der Waals surface area contributed by atoms with Gasteiger partial charge in [0, 0.05) is 11.8 Å². The van der Waals surface area contributed by atoms with Gasteiger partial charge < -0.3 is 4.42 Å². The van der Waals surface area contributed by atoms with Crippen LogP contribution in [0.3, 0.4) is 0 Å². The number of pyridine rings is 1. The molecule has 6 heteroatoms. The molecule has 0 saturated carbocycles. The van der Waals surface area contributed by atoms with Crippen LogP contribution in [0.5, 0.6) is 0 Å². The third-order valence-electron chi connectivity index (χ3n) is 7.01. The average molecular weight is 529 g/mol. The molecule has 0 atom stereocenters. The van der Waals surface area contributed by atoms with E-state index in [0.717, 1.165) is 50.7 Å². The average Bonchev–Trinajstić information content (AvgIpc) is 3.44. The zero-order chi connectivity index (χ0) is 27.2. The normalized spacial score (nSPS) is 11.4. The topological polar surface area (TPSA) is 38.9 Å². The van der Waals surface area contributed by atoms with Crippen molar-refractivity contribution in [2.75, 3.05) is 0 Å². The highest BCUT2D eigenvalue weighted by Crippen LogP contribution is 2.32. The van der Waals surface area contributed by atoms with Crippen LogP contribution in [0.1, 0.15) is 0 Å². The molecule has 5 aromatic carbocycles. The molecule has 0 saturated heterocycles. The molecule has 0 N–H and O–H groups in total. The number of aromatic nitrogens is 2. The van der Waals surface area contributed by atoms with E-state index in [4.69, 9.17) is 4.42 Å². The minimum Gasteiger partial charge on any atom is -0.434 e. The van der Waals surface area contributed by atoms with Crippen LogP contribution in [0.4, 0.5) is 13.2 Å². The molecule has 0 radical (unpaired) electrons. The highest BCUT2D eigenvalue weighted by Gasteiger charge is 2.12. The fourth-order valence-electron chi connectivity index (χ4n) is 4.88. The van der Waals surface area contributed by atoms with Gasteiger partial charge in [0.2, 0.25) is 5.89 Å². The second-order valence-corrected chi connectivity index (χ2v) is 9.53. The van der Waals surface area contributed by atoms with Crippen LogP contribution < -0.4 is 0 Å². The first-order valence-electron chi connectivity index (χ1n) is 12.6. The summed E-state index contributed by atoms with van der Waals surface area (Å²) >= 11 is 0. The van der Waals surface area contributed by atoms with Gasteiger partial charge in [-0.05, 0) is 92.7 Å². The maximum atomic E-state index is 13.7. The summed E-state index contributed by atoms with van der Waals surface area (Å²) in [6.45, 7) is 0. The highest BCUT2D eigenvalue weighted by molar-refractivity contribution is 5.91. The summed E-state index contributed by atoms with van der Waals surface area (Å²) in [7, 11) is 0. The number of benzene rings is 5. The lowest BCUT2D eigenvalue weighted by molar-refractivity contribution is 0.448. The van der Waals surface area contributed by atoms with Crippen molar-refractivity contribution in [3.8, 4) is 44.8 Å². The van der Waals surface area contributed by atoms with Crippen molar-refractivity contribution in [3.05, 3.63) is 133 Å². The van der Waals surface area contributed by atoms with Crippen molar-refractivity contribution in [2.45, 2.75) is 0 Å². The predicted molar refractivity (Wildman–Crippen MR) is 151 cm³/mol. The lowest BCUT2D eigenvalue weighted by Gasteiger charge is -2.09. The molecule has 0 unspecified atom stereocenters. The van der Waals surface area contributed by atoms with E-state index in [0.29, 0.717) is 22.7 Å². The van der Waals surface area contributed by atoms with E-state index < -0.39 is 17.5 Å². The Morgan fingerprint density at radius 3 is 1.55 bits per heavy atom. The van der Waals surface area contributed by atoms with E-state index in [1.165, 1.54) is 0 Å². The van der Waals surface area contributed by atoms with Gasteiger partial charge in [0.15, 0.2) is 28.7 Å². The molecule has 2 heterocycles. The molecule has 0 aliphatic heterocycles. The van der Waals surface area contributed by atoms with Gasteiger partial charge in [-0.3, -0.25) is 0 Å². The van der Waals surface area contributed by atoms with Crippen LogP contribution in [0.2, 0.25) is 0 Å². The largest absolute Gasteiger partial charge is 0.434 e. The van der Waals surface area contributed by atoms with Crippen molar-refractivity contribution >= 4 is 22.0 Å². The zero-order valence-corrected chi connectivity index (χ0v) is 20.9. The van der Waals surface area contributed by atoms with E-state index in [1.807, 2.05) is 54.6 Å². The van der Waals surface area contributed by atoms with Crippen molar-refractivity contribution in [1.29, 1.82) is 0 Å². The molecule has 0 spiro atoms. The van der Waals surface area contributed by atoms with Crippen LogP contribution in [0.25, 0.3) is 66.8 Å². The van der Waals surface area contributed by atoms with E-state index >= 15 is 0 Å². The van der Waals surface area contributed by atoms with Crippen LogP contribution in [-0.4, -0.2) is 9.97 Å².